The smallest absolute Gasteiger partial charge is 0.318 e. The lowest BCUT2D eigenvalue weighted by atomic mass is 10.0. The summed E-state index contributed by atoms with van der Waals surface area (Å²) in [5, 5.41) is 2.99. The number of rotatable bonds is 7. The maximum atomic E-state index is 12.6. The van der Waals surface area contributed by atoms with Gasteiger partial charge in [-0.1, -0.05) is 42.5 Å². The number of urea groups is 1. The molecule has 2 aromatic rings. The van der Waals surface area contributed by atoms with Crippen LogP contribution in [-0.2, 0) is 6.54 Å². The number of nitrogens with zero attached hydrogens (tertiary/aromatic N) is 2. The molecule has 144 valence electrons. The minimum absolute atomic E-state index is 0.00784. The van der Waals surface area contributed by atoms with E-state index >= 15 is 0 Å². The predicted octanol–water partition coefficient (Wildman–Crippen LogP) is 3.67. The Morgan fingerprint density at radius 2 is 1.89 bits per heavy atom. The van der Waals surface area contributed by atoms with Gasteiger partial charge >= 0.3 is 6.03 Å². The van der Waals surface area contributed by atoms with E-state index < -0.39 is 0 Å². The molecule has 5 nitrogen and oxygen atoms in total. The summed E-state index contributed by atoms with van der Waals surface area (Å²) in [7, 11) is 4.14. The van der Waals surface area contributed by atoms with Crippen LogP contribution in [0.2, 0.25) is 0 Å². The highest BCUT2D eigenvalue weighted by atomic mass is 16.5. The van der Waals surface area contributed by atoms with Crippen molar-refractivity contribution in [3.05, 3.63) is 65.7 Å². The van der Waals surface area contributed by atoms with Crippen LogP contribution in [0.4, 0.5) is 4.79 Å². The number of hydrogen-bond donors (Lipinski definition) is 1. The van der Waals surface area contributed by atoms with Crippen molar-refractivity contribution in [3.8, 4) is 5.75 Å². The molecule has 0 spiro atoms. The second-order valence-corrected chi connectivity index (χ2v) is 7.22. The minimum Gasteiger partial charge on any atom is -0.492 e. The SMILES string of the molecule is CN(C)Cc1ccc([C@H]2CCCN2C(=O)NCCOc2ccccc2)cc1. The second kappa shape index (κ2) is 9.42. The quantitative estimate of drug-likeness (QED) is 0.760. The average Bonchev–Trinajstić information content (AvgIpc) is 3.16. The number of benzene rings is 2. The van der Waals surface area contributed by atoms with Crippen LogP contribution in [-0.4, -0.2) is 49.6 Å². The van der Waals surface area contributed by atoms with Gasteiger partial charge in [0.05, 0.1) is 12.6 Å². The first-order valence-corrected chi connectivity index (χ1v) is 9.59. The van der Waals surface area contributed by atoms with E-state index in [1.54, 1.807) is 0 Å². The number of likely N-dealkylation sites (tertiary alicyclic amines) is 1. The molecular weight excluding hydrogens is 338 g/mol. The fourth-order valence-electron chi connectivity index (χ4n) is 3.51. The molecule has 0 unspecified atom stereocenters. The molecule has 1 fully saturated rings. The fourth-order valence-corrected chi connectivity index (χ4v) is 3.51. The molecule has 3 rings (SSSR count). The Hall–Kier alpha value is -2.53. The Bertz CT molecular complexity index is 716. The van der Waals surface area contributed by atoms with E-state index in [0.29, 0.717) is 13.2 Å². The van der Waals surface area contributed by atoms with Crippen molar-refractivity contribution in [2.24, 2.45) is 0 Å². The zero-order chi connectivity index (χ0) is 19.1. The number of nitrogens with one attached hydrogen (secondary N) is 1. The Balaban J connectivity index is 1.50. The summed E-state index contributed by atoms with van der Waals surface area (Å²) >= 11 is 0. The summed E-state index contributed by atoms with van der Waals surface area (Å²) in [6.07, 6.45) is 2.05. The maximum Gasteiger partial charge on any atom is 0.318 e. The van der Waals surface area contributed by atoms with Crippen molar-refractivity contribution < 1.29 is 9.53 Å². The van der Waals surface area contributed by atoms with Gasteiger partial charge in [-0.25, -0.2) is 4.79 Å². The van der Waals surface area contributed by atoms with Gasteiger partial charge in [0, 0.05) is 13.1 Å². The lowest BCUT2D eigenvalue weighted by Crippen LogP contribution is -2.41. The number of amides is 2. The van der Waals surface area contributed by atoms with Crippen LogP contribution in [0.25, 0.3) is 0 Å². The van der Waals surface area contributed by atoms with E-state index in [0.717, 1.165) is 31.7 Å². The van der Waals surface area contributed by atoms with E-state index in [2.05, 4.69) is 48.6 Å². The predicted molar refractivity (Wildman–Crippen MR) is 108 cm³/mol. The van der Waals surface area contributed by atoms with Crippen LogP contribution in [0, 0.1) is 0 Å². The molecule has 1 N–H and O–H groups in total. The molecule has 2 aromatic carbocycles. The molecule has 0 aliphatic carbocycles. The normalized spacial score (nSPS) is 16.6. The number of para-hydroxylation sites is 1. The van der Waals surface area contributed by atoms with Crippen LogP contribution >= 0.6 is 0 Å². The third-order valence-corrected chi connectivity index (χ3v) is 4.77. The minimum atomic E-state index is -0.00784. The lowest BCUT2D eigenvalue weighted by Gasteiger charge is -2.25. The van der Waals surface area contributed by atoms with Crippen LogP contribution in [0.1, 0.15) is 30.0 Å². The monoisotopic (exact) mass is 367 g/mol. The molecule has 1 saturated heterocycles. The molecule has 1 aliphatic heterocycles. The first kappa shape index (κ1) is 19.2. The van der Waals surface area contributed by atoms with Gasteiger partial charge in [-0.2, -0.15) is 0 Å². The number of carbonyl (C=O) groups excluding carboxylic acids is 1. The summed E-state index contributed by atoms with van der Waals surface area (Å²) in [4.78, 5) is 16.7. The van der Waals surface area contributed by atoms with Crippen molar-refractivity contribution in [3.63, 3.8) is 0 Å². The van der Waals surface area contributed by atoms with Crippen molar-refractivity contribution >= 4 is 6.03 Å². The summed E-state index contributed by atoms with van der Waals surface area (Å²) in [5.74, 6) is 0.823. The van der Waals surface area contributed by atoms with Crippen LogP contribution < -0.4 is 10.1 Å². The molecule has 0 aromatic heterocycles. The maximum absolute atomic E-state index is 12.6. The molecule has 1 heterocycles. The van der Waals surface area contributed by atoms with Crippen LogP contribution in [0.15, 0.2) is 54.6 Å². The van der Waals surface area contributed by atoms with Gasteiger partial charge in [-0.15, -0.1) is 0 Å². The zero-order valence-electron chi connectivity index (χ0n) is 16.2. The first-order chi connectivity index (χ1) is 13.1. The molecule has 0 radical (unpaired) electrons. The fraction of sp³-hybridized carbons (Fsp3) is 0.409. The van der Waals surface area contributed by atoms with Gasteiger partial charge in [0.2, 0.25) is 0 Å². The third kappa shape index (κ3) is 5.47. The van der Waals surface area contributed by atoms with Crippen LogP contribution in [0.5, 0.6) is 5.75 Å². The van der Waals surface area contributed by atoms with Gasteiger partial charge in [-0.05, 0) is 50.2 Å². The zero-order valence-corrected chi connectivity index (χ0v) is 16.2. The number of carbonyl (C=O) groups is 1. The molecule has 27 heavy (non-hydrogen) atoms. The molecule has 1 aliphatic rings. The van der Waals surface area contributed by atoms with E-state index in [4.69, 9.17) is 4.74 Å². The molecule has 5 heteroatoms. The van der Waals surface area contributed by atoms with Crippen LogP contribution in [0.3, 0.4) is 0 Å². The number of ether oxygens (including phenoxy) is 1. The highest BCUT2D eigenvalue weighted by Gasteiger charge is 2.29. The van der Waals surface area contributed by atoms with E-state index in [9.17, 15) is 4.79 Å². The van der Waals surface area contributed by atoms with Crippen molar-refractivity contribution in [2.75, 3.05) is 33.8 Å². The van der Waals surface area contributed by atoms with Gasteiger partial charge in [0.15, 0.2) is 0 Å². The van der Waals surface area contributed by atoms with E-state index in [-0.39, 0.29) is 12.1 Å². The molecule has 1 atom stereocenters. The Labute approximate surface area is 161 Å². The average molecular weight is 367 g/mol. The summed E-state index contributed by atoms with van der Waals surface area (Å²) in [5.41, 5.74) is 2.50. The highest BCUT2D eigenvalue weighted by Crippen LogP contribution is 2.32. The molecule has 2 amide bonds. The van der Waals surface area contributed by atoms with E-state index in [1.807, 2.05) is 35.2 Å². The van der Waals surface area contributed by atoms with Crippen molar-refractivity contribution in [1.29, 1.82) is 0 Å². The third-order valence-electron chi connectivity index (χ3n) is 4.77. The first-order valence-electron chi connectivity index (χ1n) is 9.59. The largest absolute Gasteiger partial charge is 0.492 e. The lowest BCUT2D eigenvalue weighted by molar-refractivity contribution is 0.190. The van der Waals surface area contributed by atoms with Gasteiger partial charge in [-0.3, -0.25) is 0 Å². The second-order valence-electron chi connectivity index (χ2n) is 7.22. The van der Waals surface area contributed by atoms with E-state index in [1.165, 1.54) is 11.1 Å². The molecular formula is C22H29N3O2. The topological polar surface area (TPSA) is 44.8 Å². The number of hydrogen-bond acceptors (Lipinski definition) is 3. The van der Waals surface area contributed by atoms with Gasteiger partial charge < -0.3 is 19.9 Å². The highest BCUT2D eigenvalue weighted by molar-refractivity contribution is 5.75. The Morgan fingerprint density at radius 3 is 2.59 bits per heavy atom. The van der Waals surface area contributed by atoms with Crippen molar-refractivity contribution in [1.82, 2.24) is 15.1 Å². The Morgan fingerprint density at radius 1 is 1.15 bits per heavy atom. The summed E-state index contributed by atoms with van der Waals surface area (Å²) < 4.78 is 5.64. The van der Waals surface area contributed by atoms with Crippen molar-refractivity contribution in [2.45, 2.75) is 25.4 Å². The Kier molecular flexibility index (Phi) is 6.71. The molecule has 0 bridgehead atoms. The summed E-state index contributed by atoms with van der Waals surface area (Å²) in [6, 6.07) is 18.5. The summed E-state index contributed by atoms with van der Waals surface area (Å²) in [6.45, 7) is 2.69. The van der Waals surface area contributed by atoms with Gasteiger partial charge in [0.25, 0.3) is 0 Å². The molecule has 0 saturated carbocycles. The standard InChI is InChI=1S/C22H29N3O2/c1-24(2)17-18-10-12-19(13-11-18)21-9-6-15-25(21)22(26)23-14-16-27-20-7-4-3-5-8-20/h3-5,7-8,10-13,21H,6,9,14-17H2,1-2H3,(H,23,26)/t21-/m1/s1. The van der Waals surface area contributed by atoms with Gasteiger partial charge in [0.1, 0.15) is 12.4 Å².